The molecule has 1 aromatic carbocycles. The molecule has 0 unspecified atom stereocenters. The first-order valence-corrected chi connectivity index (χ1v) is 10.7. The van der Waals surface area contributed by atoms with Gasteiger partial charge < -0.3 is 20.0 Å². The Hall–Kier alpha value is -2.10. The van der Waals surface area contributed by atoms with Gasteiger partial charge in [-0.25, -0.2) is 9.98 Å². The number of aromatic nitrogens is 1. The van der Waals surface area contributed by atoms with Crippen molar-refractivity contribution < 1.29 is 9.21 Å². The highest BCUT2D eigenvalue weighted by molar-refractivity contribution is 14.0. The molecule has 1 aromatic heterocycles. The van der Waals surface area contributed by atoms with E-state index >= 15 is 0 Å². The van der Waals surface area contributed by atoms with Gasteiger partial charge in [0.25, 0.3) is 0 Å². The zero-order valence-corrected chi connectivity index (χ0v) is 21.2. The Morgan fingerprint density at radius 3 is 2.68 bits per heavy atom. The summed E-state index contributed by atoms with van der Waals surface area (Å²) in [5.41, 5.74) is 2.20. The van der Waals surface area contributed by atoms with Crippen LogP contribution in [-0.4, -0.2) is 34.8 Å². The van der Waals surface area contributed by atoms with E-state index in [0.717, 1.165) is 36.4 Å². The molecule has 1 aliphatic heterocycles. The Balaban J connectivity index is 0.00000341. The van der Waals surface area contributed by atoms with Crippen molar-refractivity contribution in [1.82, 2.24) is 20.5 Å². The summed E-state index contributed by atoms with van der Waals surface area (Å²) in [4.78, 5) is 22.8. The average Bonchev–Trinajstić information content (AvgIpc) is 3.34. The third-order valence-corrected chi connectivity index (χ3v) is 5.00. The lowest BCUT2D eigenvalue weighted by molar-refractivity contribution is -0.128. The molecule has 3 rings (SSSR count). The number of nitrogens with zero attached hydrogens (tertiary/aromatic N) is 3. The fourth-order valence-corrected chi connectivity index (χ4v) is 3.33. The summed E-state index contributed by atoms with van der Waals surface area (Å²) in [5, 5.41) is 6.54. The summed E-state index contributed by atoms with van der Waals surface area (Å²) in [5.74, 6) is 2.48. The molecule has 1 amide bonds. The number of hydrogen-bond donors (Lipinski definition) is 2. The molecule has 170 valence electrons. The van der Waals surface area contributed by atoms with Gasteiger partial charge in [-0.3, -0.25) is 4.79 Å². The molecule has 0 atom stereocenters. The lowest BCUT2D eigenvalue weighted by Gasteiger charge is -2.16. The van der Waals surface area contributed by atoms with Crippen LogP contribution in [0.3, 0.4) is 0 Å². The molecular weight excluding hydrogens is 505 g/mol. The average molecular weight is 539 g/mol. The molecule has 1 aliphatic rings. The van der Waals surface area contributed by atoms with Gasteiger partial charge >= 0.3 is 0 Å². The van der Waals surface area contributed by atoms with Gasteiger partial charge in [-0.15, -0.1) is 24.0 Å². The van der Waals surface area contributed by atoms with Crippen LogP contribution < -0.4 is 10.6 Å². The Morgan fingerprint density at radius 1 is 1.26 bits per heavy atom. The van der Waals surface area contributed by atoms with Crippen molar-refractivity contribution in [3.05, 3.63) is 53.2 Å². The molecule has 0 aliphatic carbocycles. The van der Waals surface area contributed by atoms with E-state index in [1.807, 2.05) is 17.9 Å². The molecule has 1 saturated heterocycles. The lowest BCUT2D eigenvalue weighted by Crippen LogP contribution is -2.36. The number of carbonyl (C=O) groups is 1. The maximum absolute atomic E-state index is 11.9. The topological polar surface area (TPSA) is 82.8 Å². The fourth-order valence-electron chi connectivity index (χ4n) is 3.33. The number of likely N-dealkylation sites (tertiary alicyclic amines) is 1. The minimum atomic E-state index is -0.0610. The number of hydrogen-bond acceptors (Lipinski definition) is 4. The van der Waals surface area contributed by atoms with Gasteiger partial charge in [0.2, 0.25) is 11.8 Å². The van der Waals surface area contributed by atoms with Gasteiger partial charge in [0.05, 0.1) is 19.3 Å². The van der Waals surface area contributed by atoms with Crippen molar-refractivity contribution in [1.29, 1.82) is 0 Å². The molecule has 2 N–H and O–H groups in total. The summed E-state index contributed by atoms with van der Waals surface area (Å²) in [6.45, 7) is 11.7. The molecule has 1 fully saturated rings. The van der Waals surface area contributed by atoms with E-state index in [-0.39, 0.29) is 35.3 Å². The largest absolute Gasteiger partial charge is 0.443 e. The molecular formula is C23H34IN5O2. The van der Waals surface area contributed by atoms with Crippen molar-refractivity contribution in [2.24, 2.45) is 4.99 Å². The van der Waals surface area contributed by atoms with E-state index in [4.69, 9.17) is 4.42 Å². The third kappa shape index (κ3) is 7.52. The number of rotatable bonds is 7. The van der Waals surface area contributed by atoms with Crippen molar-refractivity contribution >= 4 is 35.8 Å². The van der Waals surface area contributed by atoms with Gasteiger partial charge in [-0.05, 0) is 24.5 Å². The van der Waals surface area contributed by atoms with Gasteiger partial charge in [0.1, 0.15) is 5.76 Å². The highest BCUT2D eigenvalue weighted by Crippen LogP contribution is 2.22. The summed E-state index contributed by atoms with van der Waals surface area (Å²) in [6, 6.07) is 8.29. The second-order valence-electron chi connectivity index (χ2n) is 8.66. The van der Waals surface area contributed by atoms with Crippen molar-refractivity contribution in [2.45, 2.75) is 65.6 Å². The summed E-state index contributed by atoms with van der Waals surface area (Å²) >= 11 is 0. The number of benzene rings is 1. The normalized spacial score (nSPS) is 14.5. The van der Waals surface area contributed by atoms with E-state index < -0.39 is 0 Å². The first-order valence-electron chi connectivity index (χ1n) is 10.7. The smallest absolute Gasteiger partial charge is 0.222 e. The highest BCUT2D eigenvalue weighted by atomic mass is 127. The number of nitrogens with one attached hydrogen (secondary N) is 2. The predicted octanol–water partition coefficient (Wildman–Crippen LogP) is 3.97. The highest BCUT2D eigenvalue weighted by Gasteiger charge is 2.20. The zero-order valence-electron chi connectivity index (χ0n) is 18.9. The van der Waals surface area contributed by atoms with Crippen LogP contribution in [0.1, 0.15) is 63.3 Å². The second-order valence-corrected chi connectivity index (χ2v) is 8.66. The molecule has 2 heterocycles. The van der Waals surface area contributed by atoms with Crippen molar-refractivity contribution in [3.8, 4) is 0 Å². The quantitative estimate of drug-likeness (QED) is 0.316. The van der Waals surface area contributed by atoms with E-state index in [0.29, 0.717) is 37.9 Å². The van der Waals surface area contributed by atoms with E-state index in [1.54, 1.807) is 6.20 Å². The van der Waals surface area contributed by atoms with E-state index in [1.165, 1.54) is 0 Å². The third-order valence-electron chi connectivity index (χ3n) is 5.00. The number of amides is 1. The number of aliphatic imine (C=N–C) groups is 1. The maximum atomic E-state index is 11.9. The molecule has 0 saturated carbocycles. The summed E-state index contributed by atoms with van der Waals surface area (Å²) < 4.78 is 5.84. The first kappa shape index (κ1) is 25.2. The SMILES string of the molecule is CCNC(=NCc1cccc(CN2CCCC2=O)c1)NCc1ncc(C(C)(C)C)o1.I. The van der Waals surface area contributed by atoms with Gasteiger partial charge in [0.15, 0.2) is 5.96 Å². The van der Waals surface area contributed by atoms with Crippen LogP contribution in [0, 0.1) is 0 Å². The zero-order chi connectivity index (χ0) is 21.6. The standard InChI is InChI=1S/C23H33N5O2.HI/c1-5-24-22(27-15-20-25-14-19(30-20)23(2,3)4)26-13-17-8-6-9-18(12-17)16-28-11-7-10-21(28)29;/h6,8-9,12,14H,5,7,10-11,13,15-16H2,1-4H3,(H2,24,26,27);1H. The Bertz CT molecular complexity index is 888. The van der Waals surface area contributed by atoms with E-state index in [2.05, 4.69) is 59.6 Å². The number of guanidine groups is 1. The Morgan fingerprint density at radius 2 is 2.03 bits per heavy atom. The van der Waals surface area contributed by atoms with Gasteiger partial charge in [-0.2, -0.15) is 0 Å². The van der Waals surface area contributed by atoms with Crippen molar-refractivity contribution in [3.63, 3.8) is 0 Å². The molecule has 8 heteroatoms. The Labute approximate surface area is 202 Å². The van der Waals surface area contributed by atoms with Crippen LogP contribution in [0.25, 0.3) is 0 Å². The van der Waals surface area contributed by atoms with Crippen molar-refractivity contribution in [2.75, 3.05) is 13.1 Å². The van der Waals surface area contributed by atoms with Crippen LogP contribution >= 0.6 is 24.0 Å². The molecule has 2 aromatic rings. The molecule has 0 spiro atoms. The van der Waals surface area contributed by atoms with Crippen LogP contribution in [0.4, 0.5) is 0 Å². The van der Waals surface area contributed by atoms with Crippen LogP contribution in [0.2, 0.25) is 0 Å². The van der Waals surface area contributed by atoms with Crippen LogP contribution in [0.15, 0.2) is 39.9 Å². The molecule has 0 bridgehead atoms. The number of halogens is 1. The fraction of sp³-hybridized carbons (Fsp3) is 0.522. The monoisotopic (exact) mass is 539 g/mol. The number of oxazole rings is 1. The molecule has 0 radical (unpaired) electrons. The van der Waals surface area contributed by atoms with Crippen LogP contribution in [0.5, 0.6) is 0 Å². The Kier molecular flexibility index (Phi) is 9.33. The van der Waals surface area contributed by atoms with E-state index in [9.17, 15) is 4.79 Å². The molecule has 7 nitrogen and oxygen atoms in total. The maximum Gasteiger partial charge on any atom is 0.222 e. The summed E-state index contributed by atoms with van der Waals surface area (Å²) in [7, 11) is 0. The second kappa shape index (κ2) is 11.5. The van der Waals surface area contributed by atoms with Crippen LogP contribution in [-0.2, 0) is 29.8 Å². The van der Waals surface area contributed by atoms with Gasteiger partial charge in [-0.1, -0.05) is 45.0 Å². The minimum absolute atomic E-state index is 0. The first-order chi connectivity index (χ1) is 14.3. The lowest BCUT2D eigenvalue weighted by atomic mass is 9.94. The number of carbonyl (C=O) groups excluding carboxylic acids is 1. The van der Waals surface area contributed by atoms with Gasteiger partial charge in [0, 0.05) is 31.5 Å². The molecule has 31 heavy (non-hydrogen) atoms. The predicted molar refractivity (Wildman–Crippen MR) is 133 cm³/mol. The minimum Gasteiger partial charge on any atom is -0.443 e. The summed E-state index contributed by atoms with van der Waals surface area (Å²) in [6.07, 6.45) is 3.42.